The van der Waals surface area contributed by atoms with Crippen LogP contribution >= 0.6 is 0 Å². The van der Waals surface area contributed by atoms with E-state index in [1.807, 2.05) is 6.07 Å². The fourth-order valence-corrected chi connectivity index (χ4v) is 4.16. The molecule has 1 amide bonds. The molecule has 0 saturated carbocycles. The minimum absolute atomic E-state index is 0.0279. The molecule has 0 radical (unpaired) electrons. The first kappa shape index (κ1) is 26.7. The zero-order valence-corrected chi connectivity index (χ0v) is 21.2. The average Bonchev–Trinajstić information content (AvgIpc) is 2.83. The maximum atomic E-state index is 14.1. The second-order valence-corrected chi connectivity index (χ2v) is 9.32. The second kappa shape index (κ2) is 11.7. The van der Waals surface area contributed by atoms with Crippen molar-refractivity contribution in [2.75, 3.05) is 12.4 Å². The fraction of sp³-hybridized carbons (Fsp3) is 0.310. The van der Waals surface area contributed by atoms with Gasteiger partial charge in [0.1, 0.15) is 29.0 Å². The van der Waals surface area contributed by atoms with Crippen LogP contribution in [0.15, 0.2) is 60.7 Å². The highest BCUT2D eigenvalue weighted by Gasteiger charge is 2.22. The molecule has 0 atom stereocenters. The molecule has 3 aromatic rings. The molecule has 0 fully saturated rings. The monoisotopic (exact) mass is 493 g/mol. The topological polar surface area (TPSA) is 84.9 Å². The third kappa shape index (κ3) is 6.42. The van der Waals surface area contributed by atoms with Crippen LogP contribution in [0, 0.1) is 17.7 Å². The lowest BCUT2D eigenvalue weighted by Gasteiger charge is -2.27. The van der Waals surface area contributed by atoms with Crippen LogP contribution < -0.4 is 14.8 Å². The van der Waals surface area contributed by atoms with E-state index in [1.54, 1.807) is 42.5 Å². The van der Waals surface area contributed by atoms with Gasteiger partial charge in [-0.2, -0.15) is 0 Å². The van der Waals surface area contributed by atoms with Gasteiger partial charge in [-0.15, -0.1) is 0 Å². The molecular weight excluding hydrogens is 461 g/mol. The summed E-state index contributed by atoms with van der Waals surface area (Å²) < 4.78 is 25.6. The molecule has 0 aliphatic carbocycles. The summed E-state index contributed by atoms with van der Waals surface area (Å²) in [5.41, 5.74) is 2.05. The van der Waals surface area contributed by atoms with Crippen molar-refractivity contribution < 1.29 is 28.6 Å². The van der Waals surface area contributed by atoms with Crippen LogP contribution in [0.3, 0.4) is 0 Å². The van der Waals surface area contributed by atoms with Gasteiger partial charge < -0.3 is 19.9 Å². The SMILES string of the molecule is COc1ccc(-c2ccc(OC(C(C)C)C(C)C)c(NC(=O)Cc3ccccc3F)c2)cc1C(=O)O. The maximum absolute atomic E-state index is 14.1. The number of aromatic carboxylic acids is 1. The number of halogens is 1. The number of nitrogens with one attached hydrogen (secondary N) is 1. The normalized spacial score (nSPS) is 11.1. The summed E-state index contributed by atoms with van der Waals surface area (Å²) in [6, 6.07) is 16.3. The smallest absolute Gasteiger partial charge is 0.339 e. The van der Waals surface area contributed by atoms with Gasteiger partial charge in [-0.3, -0.25) is 4.79 Å². The number of anilines is 1. The van der Waals surface area contributed by atoms with E-state index in [0.29, 0.717) is 22.6 Å². The van der Waals surface area contributed by atoms with Crippen molar-refractivity contribution in [3.63, 3.8) is 0 Å². The zero-order chi connectivity index (χ0) is 26.4. The van der Waals surface area contributed by atoms with Gasteiger partial charge in [-0.25, -0.2) is 9.18 Å². The molecule has 0 heterocycles. The lowest BCUT2D eigenvalue weighted by molar-refractivity contribution is -0.115. The van der Waals surface area contributed by atoms with Gasteiger partial charge in [-0.05, 0) is 58.9 Å². The van der Waals surface area contributed by atoms with Crippen LogP contribution in [0.25, 0.3) is 11.1 Å². The lowest BCUT2D eigenvalue weighted by Crippen LogP contribution is -2.29. The Kier molecular flexibility index (Phi) is 8.69. The molecule has 3 rings (SSSR count). The fourth-order valence-electron chi connectivity index (χ4n) is 4.16. The summed E-state index contributed by atoms with van der Waals surface area (Å²) in [5.74, 6) is -0.756. The Hall–Kier alpha value is -3.87. The summed E-state index contributed by atoms with van der Waals surface area (Å²) in [7, 11) is 1.41. The largest absolute Gasteiger partial charge is 0.496 e. The van der Waals surface area contributed by atoms with Crippen molar-refractivity contribution in [1.82, 2.24) is 0 Å². The number of benzene rings is 3. The van der Waals surface area contributed by atoms with Crippen LogP contribution in [-0.2, 0) is 11.2 Å². The summed E-state index contributed by atoms with van der Waals surface area (Å²) in [6.45, 7) is 8.28. The van der Waals surface area contributed by atoms with Crippen molar-refractivity contribution in [3.8, 4) is 22.6 Å². The van der Waals surface area contributed by atoms with E-state index in [4.69, 9.17) is 9.47 Å². The predicted octanol–water partition coefficient (Wildman–Crippen LogP) is 6.44. The molecule has 3 aromatic carbocycles. The molecule has 0 saturated heterocycles. The Morgan fingerprint density at radius 2 is 1.53 bits per heavy atom. The van der Waals surface area contributed by atoms with Crippen molar-refractivity contribution in [3.05, 3.63) is 77.6 Å². The number of methoxy groups -OCH3 is 1. The van der Waals surface area contributed by atoms with Crippen molar-refractivity contribution in [2.45, 2.75) is 40.2 Å². The number of carbonyl (C=O) groups excluding carboxylic acids is 1. The standard InChI is InChI=1S/C29H32FNO5/c1-17(2)28(18(3)4)36-26-13-11-20(19-10-12-25(35-5)22(14-19)29(33)34)15-24(26)31-27(32)16-21-8-6-7-9-23(21)30/h6-15,17-18,28H,16H2,1-5H3,(H,31,32)(H,33,34). The Bertz CT molecular complexity index is 1230. The van der Waals surface area contributed by atoms with E-state index in [-0.39, 0.29) is 41.2 Å². The molecule has 2 N–H and O–H groups in total. The third-order valence-corrected chi connectivity index (χ3v) is 5.90. The number of carboxylic acids is 1. The van der Waals surface area contributed by atoms with E-state index >= 15 is 0 Å². The minimum atomic E-state index is -1.11. The highest BCUT2D eigenvalue weighted by atomic mass is 19.1. The van der Waals surface area contributed by atoms with Crippen LogP contribution in [0.2, 0.25) is 0 Å². The van der Waals surface area contributed by atoms with Crippen LogP contribution in [0.5, 0.6) is 11.5 Å². The van der Waals surface area contributed by atoms with E-state index in [2.05, 4.69) is 33.0 Å². The summed E-state index contributed by atoms with van der Waals surface area (Å²) >= 11 is 0. The summed E-state index contributed by atoms with van der Waals surface area (Å²) in [4.78, 5) is 24.6. The number of rotatable bonds is 10. The molecule has 6 nitrogen and oxygen atoms in total. The minimum Gasteiger partial charge on any atom is -0.496 e. The summed E-state index contributed by atoms with van der Waals surface area (Å²) in [6.07, 6.45) is -0.238. The van der Waals surface area contributed by atoms with Gasteiger partial charge in [0, 0.05) is 0 Å². The predicted molar refractivity (Wildman–Crippen MR) is 138 cm³/mol. The van der Waals surface area contributed by atoms with Gasteiger partial charge in [0.2, 0.25) is 5.91 Å². The number of carboxylic acid groups (broad SMARTS) is 1. The van der Waals surface area contributed by atoms with E-state index in [1.165, 1.54) is 19.2 Å². The van der Waals surface area contributed by atoms with Gasteiger partial charge in [0.15, 0.2) is 0 Å². The molecule has 0 bridgehead atoms. The first-order chi connectivity index (χ1) is 17.1. The number of ether oxygens (including phenoxy) is 2. The van der Waals surface area contributed by atoms with E-state index in [9.17, 15) is 19.1 Å². The number of hydrogen-bond donors (Lipinski definition) is 2. The summed E-state index contributed by atoms with van der Waals surface area (Å²) in [5, 5.41) is 12.4. The molecule has 7 heteroatoms. The first-order valence-corrected chi connectivity index (χ1v) is 11.9. The number of hydrogen-bond acceptors (Lipinski definition) is 4. The van der Waals surface area contributed by atoms with Gasteiger partial charge in [-0.1, -0.05) is 58.0 Å². The van der Waals surface area contributed by atoms with Crippen molar-refractivity contribution in [2.24, 2.45) is 11.8 Å². The second-order valence-electron chi connectivity index (χ2n) is 9.32. The number of carbonyl (C=O) groups is 2. The van der Waals surface area contributed by atoms with Crippen LogP contribution in [0.1, 0.15) is 43.6 Å². The van der Waals surface area contributed by atoms with Gasteiger partial charge in [0.25, 0.3) is 0 Å². The van der Waals surface area contributed by atoms with E-state index < -0.39 is 17.7 Å². The molecule has 0 unspecified atom stereocenters. The Labute approximate surface area is 211 Å². The Morgan fingerprint density at radius 1 is 0.917 bits per heavy atom. The van der Waals surface area contributed by atoms with Gasteiger partial charge in [0.05, 0.1) is 19.2 Å². The van der Waals surface area contributed by atoms with E-state index in [0.717, 1.165) is 0 Å². The van der Waals surface area contributed by atoms with Crippen molar-refractivity contribution in [1.29, 1.82) is 0 Å². The Balaban J connectivity index is 2.01. The van der Waals surface area contributed by atoms with Crippen LogP contribution in [-0.4, -0.2) is 30.2 Å². The molecular formula is C29H32FNO5. The molecule has 190 valence electrons. The zero-order valence-electron chi connectivity index (χ0n) is 21.2. The molecule has 0 aliphatic rings. The van der Waals surface area contributed by atoms with Gasteiger partial charge >= 0.3 is 5.97 Å². The maximum Gasteiger partial charge on any atom is 0.339 e. The van der Waals surface area contributed by atoms with Crippen molar-refractivity contribution >= 4 is 17.6 Å². The first-order valence-electron chi connectivity index (χ1n) is 11.9. The number of amides is 1. The average molecular weight is 494 g/mol. The molecule has 36 heavy (non-hydrogen) atoms. The Morgan fingerprint density at radius 3 is 2.11 bits per heavy atom. The molecule has 0 spiro atoms. The molecule has 0 aromatic heterocycles. The highest BCUT2D eigenvalue weighted by molar-refractivity contribution is 5.95. The third-order valence-electron chi connectivity index (χ3n) is 5.90. The quantitative estimate of drug-likeness (QED) is 0.339. The molecule has 0 aliphatic heterocycles. The van der Waals surface area contributed by atoms with Crippen LogP contribution in [0.4, 0.5) is 10.1 Å². The highest BCUT2D eigenvalue weighted by Crippen LogP contribution is 2.35. The lowest BCUT2D eigenvalue weighted by atomic mass is 9.96.